The molecule has 1 amide bonds. The Morgan fingerprint density at radius 1 is 1.33 bits per heavy atom. The Bertz CT molecular complexity index is 553. The van der Waals surface area contributed by atoms with E-state index in [2.05, 4.69) is 0 Å². The standard InChI is InChI=1S/C14H15Cl2NO3S/c15-9-4-5-10(16)12(7-9)21-8-13(18)17-6-2-1-3-11(17)14(19)20/h4-5,7,11H,1-3,6,8H2,(H,19,20)/t11-/m1/s1. The molecule has 21 heavy (non-hydrogen) atoms. The van der Waals surface area contributed by atoms with Crippen LogP contribution in [0.2, 0.25) is 10.0 Å². The van der Waals surface area contributed by atoms with Crippen molar-refractivity contribution in [2.45, 2.75) is 30.2 Å². The molecule has 0 aliphatic carbocycles. The summed E-state index contributed by atoms with van der Waals surface area (Å²) in [6.07, 6.45) is 2.20. The molecule has 1 aromatic carbocycles. The minimum Gasteiger partial charge on any atom is -0.480 e. The Kier molecular flexibility index (Phi) is 5.79. The van der Waals surface area contributed by atoms with Gasteiger partial charge in [-0.05, 0) is 37.5 Å². The Morgan fingerprint density at radius 3 is 2.81 bits per heavy atom. The van der Waals surface area contributed by atoms with Gasteiger partial charge in [-0.15, -0.1) is 11.8 Å². The molecule has 2 rings (SSSR count). The normalized spacial score (nSPS) is 18.6. The van der Waals surface area contributed by atoms with E-state index < -0.39 is 12.0 Å². The second-order valence-corrected chi connectivity index (χ2v) is 6.66. The van der Waals surface area contributed by atoms with E-state index in [9.17, 15) is 14.7 Å². The lowest BCUT2D eigenvalue weighted by Gasteiger charge is -2.32. The smallest absolute Gasteiger partial charge is 0.326 e. The first-order valence-electron chi connectivity index (χ1n) is 6.59. The molecule has 1 N–H and O–H groups in total. The second-order valence-electron chi connectivity index (χ2n) is 4.80. The molecule has 0 saturated carbocycles. The average molecular weight is 348 g/mol. The fraction of sp³-hybridized carbons (Fsp3) is 0.429. The Labute approximate surface area is 137 Å². The summed E-state index contributed by atoms with van der Waals surface area (Å²) in [5.74, 6) is -0.957. The highest BCUT2D eigenvalue weighted by molar-refractivity contribution is 8.00. The number of carbonyl (C=O) groups excluding carboxylic acids is 1. The number of rotatable bonds is 4. The maximum Gasteiger partial charge on any atom is 0.326 e. The van der Waals surface area contributed by atoms with Crippen LogP contribution in [0.3, 0.4) is 0 Å². The van der Waals surface area contributed by atoms with Crippen LogP contribution in [0.1, 0.15) is 19.3 Å². The van der Waals surface area contributed by atoms with Crippen molar-refractivity contribution >= 4 is 46.8 Å². The highest BCUT2D eigenvalue weighted by Gasteiger charge is 2.31. The lowest BCUT2D eigenvalue weighted by atomic mass is 10.0. The molecule has 4 nitrogen and oxygen atoms in total. The predicted molar refractivity (Wildman–Crippen MR) is 84.2 cm³/mol. The van der Waals surface area contributed by atoms with E-state index in [1.807, 2.05) is 0 Å². The molecule has 1 aromatic rings. The number of aliphatic carboxylic acids is 1. The summed E-state index contributed by atoms with van der Waals surface area (Å²) in [6, 6.07) is 4.35. The van der Waals surface area contributed by atoms with E-state index in [-0.39, 0.29) is 11.7 Å². The molecule has 0 bridgehead atoms. The summed E-state index contributed by atoms with van der Waals surface area (Å²) in [5.41, 5.74) is 0. The predicted octanol–water partition coefficient (Wildman–Crippen LogP) is 3.55. The van der Waals surface area contributed by atoms with Gasteiger partial charge in [0.2, 0.25) is 5.91 Å². The molecular formula is C14H15Cl2NO3S. The number of carbonyl (C=O) groups is 2. The van der Waals surface area contributed by atoms with Crippen molar-refractivity contribution < 1.29 is 14.7 Å². The molecule has 1 fully saturated rings. The minimum atomic E-state index is -0.936. The highest BCUT2D eigenvalue weighted by Crippen LogP contribution is 2.30. The van der Waals surface area contributed by atoms with Crippen molar-refractivity contribution in [3.05, 3.63) is 28.2 Å². The van der Waals surface area contributed by atoms with Crippen LogP contribution in [0.25, 0.3) is 0 Å². The van der Waals surface area contributed by atoms with Crippen LogP contribution in [-0.2, 0) is 9.59 Å². The van der Waals surface area contributed by atoms with Crippen molar-refractivity contribution in [1.82, 2.24) is 4.90 Å². The van der Waals surface area contributed by atoms with Gasteiger partial charge in [0.05, 0.1) is 10.8 Å². The molecule has 0 radical (unpaired) electrons. The van der Waals surface area contributed by atoms with E-state index in [1.165, 1.54) is 16.7 Å². The highest BCUT2D eigenvalue weighted by atomic mass is 35.5. The number of amides is 1. The maximum atomic E-state index is 12.2. The number of carboxylic acid groups (broad SMARTS) is 1. The van der Waals surface area contributed by atoms with Gasteiger partial charge in [0.1, 0.15) is 6.04 Å². The number of piperidine rings is 1. The Hall–Kier alpha value is -0.910. The van der Waals surface area contributed by atoms with Crippen molar-refractivity contribution in [1.29, 1.82) is 0 Å². The lowest BCUT2D eigenvalue weighted by molar-refractivity contribution is -0.150. The van der Waals surface area contributed by atoms with E-state index in [4.69, 9.17) is 23.2 Å². The van der Waals surface area contributed by atoms with Crippen LogP contribution < -0.4 is 0 Å². The third-order valence-corrected chi connectivity index (χ3v) is 5.07. The average Bonchev–Trinajstić information content (AvgIpc) is 2.47. The second kappa shape index (κ2) is 7.38. The first kappa shape index (κ1) is 16.5. The van der Waals surface area contributed by atoms with E-state index in [0.29, 0.717) is 23.0 Å². The fourth-order valence-electron chi connectivity index (χ4n) is 2.30. The molecule has 1 saturated heterocycles. The monoisotopic (exact) mass is 347 g/mol. The molecule has 0 aromatic heterocycles. The van der Waals surface area contributed by atoms with E-state index in [0.717, 1.165) is 17.7 Å². The number of hydrogen-bond donors (Lipinski definition) is 1. The first-order valence-corrected chi connectivity index (χ1v) is 8.33. The SMILES string of the molecule is O=C(O)[C@H]1CCCCN1C(=O)CSc1cc(Cl)ccc1Cl. The van der Waals surface area contributed by atoms with E-state index in [1.54, 1.807) is 18.2 Å². The van der Waals surface area contributed by atoms with Crippen molar-refractivity contribution in [2.75, 3.05) is 12.3 Å². The number of thioether (sulfide) groups is 1. The zero-order valence-corrected chi connectivity index (χ0v) is 13.5. The van der Waals surface area contributed by atoms with Crippen molar-refractivity contribution in [3.63, 3.8) is 0 Å². The van der Waals surface area contributed by atoms with Gasteiger partial charge in [-0.1, -0.05) is 23.2 Å². The number of nitrogens with zero attached hydrogens (tertiary/aromatic N) is 1. The molecule has 0 spiro atoms. The van der Waals surface area contributed by atoms with Gasteiger partial charge in [-0.3, -0.25) is 4.79 Å². The molecule has 1 heterocycles. The quantitative estimate of drug-likeness (QED) is 0.846. The zero-order chi connectivity index (χ0) is 15.4. The van der Waals surface area contributed by atoms with Crippen LogP contribution in [0, 0.1) is 0 Å². The third kappa shape index (κ3) is 4.28. The largest absolute Gasteiger partial charge is 0.480 e. The minimum absolute atomic E-state index is 0.157. The summed E-state index contributed by atoms with van der Waals surface area (Å²) < 4.78 is 0. The summed E-state index contributed by atoms with van der Waals surface area (Å²) >= 11 is 13.2. The number of halogens is 2. The zero-order valence-electron chi connectivity index (χ0n) is 11.2. The summed E-state index contributed by atoms with van der Waals surface area (Å²) in [5, 5.41) is 10.3. The molecular weight excluding hydrogens is 333 g/mol. The van der Waals surface area contributed by atoms with Crippen LogP contribution in [0.15, 0.2) is 23.1 Å². The molecule has 1 atom stereocenters. The number of hydrogen-bond acceptors (Lipinski definition) is 3. The van der Waals surface area contributed by atoms with Gasteiger partial charge >= 0.3 is 5.97 Å². The number of carboxylic acids is 1. The summed E-state index contributed by atoms with van der Waals surface area (Å²) in [7, 11) is 0. The Balaban J connectivity index is 2.00. The first-order chi connectivity index (χ1) is 9.99. The van der Waals surface area contributed by atoms with Gasteiger partial charge in [0.15, 0.2) is 0 Å². The Morgan fingerprint density at radius 2 is 2.10 bits per heavy atom. The van der Waals surface area contributed by atoms with Gasteiger partial charge in [-0.2, -0.15) is 0 Å². The van der Waals surface area contributed by atoms with Gasteiger partial charge < -0.3 is 10.0 Å². The van der Waals surface area contributed by atoms with Crippen LogP contribution in [0.4, 0.5) is 0 Å². The molecule has 1 aliphatic heterocycles. The van der Waals surface area contributed by atoms with Crippen LogP contribution in [0.5, 0.6) is 0 Å². The summed E-state index contributed by atoms with van der Waals surface area (Å²) in [4.78, 5) is 25.6. The number of benzene rings is 1. The maximum absolute atomic E-state index is 12.2. The van der Waals surface area contributed by atoms with Crippen molar-refractivity contribution in [3.8, 4) is 0 Å². The third-order valence-electron chi connectivity index (χ3n) is 3.35. The molecule has 114 valence electrons. The lowest BCUT2D eigenvalue weighted by Crippen LogP contribution is -2.48. The molecule has 0 unspecified atom stereocenters. The van der Waals surface area contributed by atoms with E-state index >= 15 is 0 Å². The molecule has 7 heteroatoms. The van der Waals surface area contributed by atoms with Gasteiger partial charge in [0.25, 0.3) is 0 Å². The molecule has 1 aliphatic rings. The van der Waals surface area contributed by atoms with Gasteiger partial charge in [-0.25, -0.2) is 4.79 Å². The van der Waals surface area contributed by atoms with Crippen LogP contribution >= 0.6 is 35.0 Å². The summed E-state index contributed by atoms with van der Waals surface area (Å²) in [6.45, 7) is 0.500. The van der Waals surface area contributed by atoms with Crippen LogP contribution in [-0.4, -0.2) is 40.2 Å². The topological polar surface area (TPSA) is 57.6 Å². The fourth-order valence-corrected chi connectivity index (χ4v) is 3.68. The van der Waals surface area contributed by atoms with Crippen molar-refractivity contribution in [2.24, 2.45) is 0 Å². The van der Waals surface area contributed by atoms with Gasteiger partial charge in [0, 0.05) is 16.5 Å². The number of likely N-dealkylation sites (tertiary alicyclic amines) is 1.